The fourth-order valence-electron chi connectivity index (χ4n) is 3.25. The lowest BCUT2D eigenvalue weighted by molar-refractivity contribution is -0.143. The maximum absolute atomic E-state index is 13.0. The van der Waals surface area contributed by atoms with E-state index in [1.807, 2.05) is 13.8 Å². The van der Waals surface area contributed by atoms with Crippen LogP contribution in [0.1, 0.15) is 40.5 Å². The molecule has 0 bridgehead atoms. The largest absolute Gasteiger partial charge is 0.480 e. The van der Waals surface area contributed by atoms with Crippen molar-refractivity contribution >= 4 is 35.2 Å². The van der Waals surface area contributed by atoms with Crippen molar-refractivity contribution in [1.29, 1.82) is 0 Å². The van der Waals surface area contributed by atoms with E-state index < -0.39 is 30.0 Å². The smallest absolute Gasteiger partial charge is 0.326 e. The normalized spacial score (nSPS) is 17.1. The minimum Gasteiger partial charge on any atom is -0.480 e. The highest BCUT2D eigenvalue weighted by atomic mass is 16.4. The number of para-hydroxylation sites is 2. The monoisotopic (exact) mass is 418 g/mol. The molecule has 30 heavy (non-hydrogen) atoms. The summed E-state index contributed by atoms with van der Waals surface area (Å²) in [7, 11) is 0. The van der Waals surface area contributed by atoms with E-state index in [4.69, 9.17) is 0 Å². The van der Waals surface area contributed by atoms with Crippen LogP contribution in [0.5, 0.6) is 0 Å². The van der Waals surface area contributed by atoms with Crippen LogP contribution >= 0.6 is 0 Å². The highest BCUT2D eigenvalue weighted by Crippen LogP contribution is 2.29. The van der Waals surface area contributed by atoms with Gasteiger partial charge < -0.3 is 21.1 Å². The molecule has 0 aliphatic carbocycles. The second-order valence-corrected chi connectivity index (χ2v) is 7.67. The first kappa shape index (κ1) is 23.2. The predicted octanol–water partition coefficient (Wildman–Crippen LogP) is 2.18. The average Bonchev–Trinajstić information content (AvgIpc) is 2.73. The fraction of sp³-hybridized carbons (Fsp3) is 0.524. The van der Waals surface area contributed by atoms with Crippen LogP contribution in [-0.4, -0.2) is 47.5 Å². The number of hydrogen-bond donors (Lipinski definition) is 4. The molecule has 0 saturated carbocycles. The number of nitrogens with zero attached hydrogens (tertiary/aromatic N) is 1. The number of benzene rings is 1. The predicted molar refractivity (Wildman–Crippen MR) is 113 cm³/mol. The molecule has 164 valence electrons. The van der Waals surface area contributed by atoms with Gasteiger partial charge in [-0.3, -0.25) is 14.5 Å². The van der Waals surface area contributed by atoms with Gasteiger partial charge in [0.05, 0.1) is 11.4 Å². The van der Waals surface area contributed by atoms with Crippen molar-refractivity contribution in [3.8, 4) is 0 Å². The van der Waals surface area contributed by atoms with Crippen LogP contribution in [0.4, 0.5) is 16.2 Å². The van der Waals surface area contributed by atoms with Crippen molar-refractivity contribution in [2.45, 2.75) is 52.6 Å². The molecule has 4 N–H and O–H groups in total. The van der Waals surface area contributed by atoms with E-state index in [1.165, 1.54) is 4.90 Å². The molecule has 1 aliphatic rings. The number of nitrogens with one attached hydrogen (secondary N) is 3. The molecule has 0 spiro atoms. The summed E-state index contributed by atoms with van der Waals surface area (Å²) < 4.78 is 0. The fourth-order valence-corrected chi connectivity index (χ4v) is 3.25. The molecule has 4 amide bonds. The maximum Gasteiger partial charge on any atom is 0.326 e. The van der Waals surface area contributed by atoms with E-state index in [0.717, 1.165) is 0 Å². The number of amides is 4. The number of carboxylic acid groups (broad SMARTS) is 1. The highest BCUT2D eigenvalue weighted by Gasteiger charge is 2.34. The molecule has 0 fully saturated rings. The number of rotatable bonds is 8. The zero-order valence-corrected chi connectivity index (χ0v) is 17.8. The van der Waals surface area contributed by atoms with E-state index in [-0.39, 0.29) is 24.3 Å². The van der Waals surface area contributed by atoms with Gasteiger partial charge in [0.15, 0.2) is 0 Å². The Morgan fingerprint density at radius 2 is 1.67 bits per heavy atom. The molecule has 4 atom stereocenters. The van der Waals surface area contributed by atoms with Gasteiger partial charge in [0.25, 0.3) is 0 Å². The van der Waals surface area contributed by atoms with E-state index in [2.05, 4.69) is 16.0 Å². The van der Waals surface area contributed by atoms with Crippen molar-refractivity contribution in [2.75, 3.05) is 16.8 Å². The van der Waals surface area contributed by atoms with Crippen LogP contribution in [0.3, 0.4) is 0 Å². The Bertz CT molecular complexity index is 812. The van der Waals surface area contributed by atoms with Gasteiger partial charge in [0, 0.05) is 0 Å². The van der Waals surface area contributed by atoms with Crippen molar-refractivity contribution in [2.24, 2.45) is 11.8 Å². The minimum atomic E-state index is -1.12. The number of urea groups is 1. The Kier molecular flexibility index (Phi) is 7.79. The second kappa shape index (κ2) is 10.1. The Balaban J connectivity index is 2.22. The van der Waals surface area contributed by atoms with Gasteiger partial charge in [-0.2, -0.15) is 0 Å². The highest BCUT2D eigenvalue weighted by molar-refractivity contribution is 6.10. The number of hydrogen-bond acceptors (Lipinski definition) is 4. The lowest BCUT2D eigenvalue weighted by atomic mass is 9.95. The zero-order chi connectivity index (χ0) is 22.4. The van der Waals surface area contributed by atoms with Gasteiger partial charge in [0.1, 0.15) is 18.6 Å². The number of fused-ring (bicyclic) bond motifs is 1. The minimum absolute atomic E-state index is 0.178. The molecule has 1 aromatic carbocycles. The summed E-state index contributed by atoms with van der Waals surface area (Å²) in [6.45, 7) is 7.10. The standard InChI is InChI=1S/C21H30N4O5/c1-5-12(3)17(19(27)23-18(20(28)29)13(4)6-2)24-21(30)25-11-16(26)22-14-9-7-8-10-15(14)25/h7-10,12-13,17-18H,5-6,11H2,1-4H3,(H,22,26)(H,23,27)(H,24,30)(H,28,29)/t12?,13?,17-,18-/m0/s1. The Labute approximate surface area is 176 Å². The average molecular weight is 418 g/mol. The van der Waals surface area contributed by atoms with E-state index in [0.29, 0.717) is 24.2 Å². The zero-order valence-electron chi connectivity index (χ0n) is 17.8. The van der Waals surface area contributed by atoms with Crippen LogP contribution in [0.2, 0.25) is 0 Å². The van der Waals surface area contributed by atoms with E-state index in [1.54, 1.807) is 38.1 Å². The lowest BCUT2D eigenvalue weighted by Gasteiger charge is -2.32. The molecule has 1 aromatic rings. The molecule has 1 heterocycles. The van der Waals surface area contributed by atoms with Gasteiger partial charge >= 0.3 is 12.0 Å². The quantitative estimate of drug-likeness (QED) is 0.514. The first-order valence-corrected chi connectivity index (χ1v) is 10.2. The molecule has 9 nitrogen and oxygen atoms in total. The third kappa shape index (κ3) is 5.28. The summed E-state index contributed by atoms with van der Waals surface area (Å²) >= 11 is 0. The maximum atomic E-state index is 13.0. The molecule has 0 saturated heterocycles. The summed E-state index contributed by atoms with van der Waals surface area (Å²) in [5, 5.41) is 17.4. The van der Waals surface area contributed by atoms with Crippen molar-refractivity contribution in [1.82, 2.24) is 10.6 Å². The SMILES string of the molecule is CCC(C)[C@H](NC(=O)[C@@H](NC(=O)N1CC(=O)Nc2ccccc21)C(C)CC)C(=O)O. The molecule has 0 radical (unpaired) electrons. The summed E-state index contributed by atoms with van der Waals surface area (Å²) in [4.78, 5) is 50.8. The van der Waals surface area contributed by atoms with Crippen LogP contribution in [0.15, 0.2) is 24.3 Å². The summed E-state index contributed by atoms with van der Waals surface area (Å²) in [6.07, 6.45) is 1.17. The van der Waals surface area contributed by atoms with Gasteiger partial charge in [-0.1, -0.05) is 52.7 Å². The Hall–Kier alpha value is -3.10. The third-order valence-electron chi connectivity index (χ3n) is 5.57. The first-order chi connectivity index (χ1) is 14.2. The molecule has 9 heteroatoms. The molecular weight excluding hydrogens is 388 g/mol. The van der Waals surface area contributed by atoms with E-state index >= 15 is 0 Å². The number of carbonyl (C=O) groups is 4. The molecular formula is C21H30N4O5. The van der Waals surface area contributed by atoms with Gasteiger partial charge in [-0.25, -0.2) is 9.59 Å². The second-order valence-electron chi connectivity index (χ2n) is 7.67. The third-order valence-corrected chi connectivity index (χ3v) is 5.57. The van der Waals surface area contributed by atoms with Crippen LogP contribution < -0.4 is 20.9 Å². The first-order valence-electron chi connectivity index (χ1n) is 10.2. The van der Waals surface area contributed by atoms with E-state index in [9.17, 15) is 24.3 Å². The van der Waals surface area contributed by atoms with Crippen molar-refractivity contribution in [3.63, 3.8) is 0 Å². The summed E-state index contributed by atoms with van der Waals surface area (Å²) in [5.74, 6) is -2.52. The summed E-state index contributed by atoms with van der Waals surface area (Å²) in [6, 6.07) is 4.31. The lowest BCUT2D eigenvalue weighted by Crippen LogP contribution is -2.58. The van der Waals surface area contributed by atoms with Gasteiger partial charge in [-0.05, 0) is 24.0 Å². The molecule has 2 rings (SSSR count). The topological polar surface area (TPSA) is 128 Å². The van der Waals surface area contributed by atoms with Crippen LogP contribution in [0.25, 0.3) is 0 Å². The number of carboxylic acids is 1. The van der Waals surface area contributed by atoms with Gasteiger partial charge in [0.2, 0.25) is 11.8 Å². The number of carbonyl (C=O) groups excluding carboxylic acids is 3. The van der Waals surface area contributed by atoms with Crippen molar-refractivity contribution < 1.29 is 24.3 Å². The van der Waals surface area contributed by atoms with Crippen molar-refractivity contribution in [3.05, 3.63) is 24.3 Å². The van der Waals surface area contributed by atoms with Gasteiger partial charge in [-0.15, -0.1) is 0 Å². The molecule has 0 aromatic heterocycles. The Morgan fingerprint density at radius 1 is 1.07 bits per heavy atom. The molecule has 1 aliphatic heterocycles. The Morgan fingerprint density at radius 3 is 2.27 bits per heavy atom. The summed E-state index contributed by atoms with van der Waals surface area (Å²) in [5.41, 5.74) is 1.04. The number of anilines is 2. The molecule has 2 unspecified atom stereocenters. The van der Waals surface area contributed by atoms with Crippen LogP contribution in [0, 0.1) is 11.8 Å². The van der Waals surface area contributed by atoms with Crippen LogP contribution in [-0.2, 0) is 14.4 Å². The number of aliphatic carboxylic acids is 1.